The second-order valence-corrected chi connectivity index (χ2v) is 7.49. The van der Waals surface area contributed by atoms with Gasteiger partial charge in [0.05, 0.1) is 18.9 Å². The average Bonchev–Trinajstić information content (AvgIpc) is 3.53. The van der Waals surface area contributed by atoms with E-state index in [1.807, 2.05) is 30.3 Å². The molecule has 2 aromatic rings. The zero-order valence-corrected chi connectivity index (χ0v) is 16.5. The van der Waals surface area contributed by atoms with E-state index in [9.17, 15) is 9.59 Å². The molecule has 2 N–H and O–H groups in total. The van der Waals surface area contributed by atoms with Crippen molar-refractivity contribution < 1.29 is 14.3 Å². The fraction of sp³-hybridized carbons (Fsp3) is 0.476. The number of anilines is 1. The normalized spacial score (nSPS) is 17.1. The molecule has 0 atom stereocenters. The molecule has 154 valence electrons. The molecule has 8 heteroatoms. The Morgan fingerprint density at radius 3 is 2.62 bits per heavy atom. The summed E-state index contributed by atoms with van der Waals surface area (Å²) in [6, 6.07) is 11.1. The molecule has 29 heavy (non-hydrogen) atoms. The Morgan fingerprint density at radius 2 is 1.90 bits per heavy atom. The summed E-state index contributed by atoms with van der Waals surface area (Å²) in [6.45, 7) is 4.96. The highest BCUT2D eigenvalue weighted by atomic mass is 16.5. The van der Waals surface area contributed by atoms with Crippen molar-refractivity contribution in [3.05, 3.63) is 42.1 Å². The lowest BCUT2D eigenvalue weighted by Gasteiger charge is -2.26. The topological polar surface area (TPSA) is 88.5 Å². The van der Waals surface area contributed by atoms with Crippen LogP contribution in [0.5, 0.6) is 0 Å². The highest BCUT2D eigenvalue weighted by molar-refractivity contribution is 5.97. The van der Waals surface area contributed by atoms with Gasteiger partial charge in [0.1, 0.15) is 5.82 Å². The molecule has 2 fully saturated rings. The van der Waals surface area contributed by atoms with Gasteiger partial charge < -0.3 is 15.4 Å². The van der Waals surface area contributed by atoms with Crippen LogP contribution < -0.4 is 10.6 Å². The number of rotatable bonds is 8. The van der Waals surface area contributed by atoms with Gasteiger partial charge in [0.25, 0.3) is 5.91 Å². The molecule has 0 spiro atoms. The zero-order chi connectivity index (χ0) is 20.1. The van der Waals surface area contributed by atoms with Crippen LogP contribution in [0.15, 0.2) is 36.4 Å². The molecule has 1 saturated heterocycles. The number of benzene rings is 1. The number of para-hydroxylation sites is 1. The summed E-state index contributed by atoms with van der Waals surface area (Å²) >= 11 is 0. The van der Waals surface area contributed by atoms with E-state index in [0.29, 0.717) is 18.1 Å². The molecule has 2 heterocycles. The van der Waals surface area contributed by atoms with Crippen LogP contribution >= 0.6 is 0 Å². The molecule has 1 aliphatic heterocycles. The maximum atomic E-state index is 12.6. The molecule has 0 unspecified atom stereocenters. The zero-order valence-electron chi connectivity index (χ0n) is 16.5. The number of carbonyl (C=O) groups excluding carboxylic acids is 2. The van der Waals surface area contributed by atoms with Crippen LogP contribution in [0.4, 0.5) is 5.82 Å². The second-order valence-electron chi connectivity index (χ2n) is 7.49. The third kappa shape index (κ3) is 5.21. The Labute approximate surface area is 170 Å². The number of carbonyl (C=O) groups is 2. The van der Waals surface area contributed by atoms with Crippen LogP contribution in [0.25, 0.3) is 5.69 Å². The van der Waals surface area contributed by atoms with E-state index in [4.69, 9.17) is 4.74 Å². The average molecular weight is 397 g/mol. The number of aromatic nitrogens is 2. The van der Waals surface area contributed by atoms with Crippen molar-refractivity contribution in [1.82, 2.24) is 20.0 Å². The van der Waals surface area contributed by atoms with Gasteiger partial charge in [0, 0.05) is 31.6 Å². The Balaban J connectivity index is 1.38. The molecule has 1 aromatic heterocycles. The first kappa shape index (κ1) is 19.6. The maximum Gasteiger partial charge on any atom is 0.271 e. The first-order valence-electron chi connectivity index (χ1n) is 10.3. The second kappa shape index (κ2) is 9.19. The number of nitrogens with zero attached hydrogens (tertiary/aromatic N) is 3. The Bertz CT molecular complexity index is 841. The summed E-state index contributed by atoms with van der Waals surface area (Å²) in [4.78, 5) is 27.2. The minimum Gasteiger partial charge on any atom is -0.379 e. The van der Waals surface area contributed by atoms with Crippen molar-refractivity contribution in [3.8, 4) is 5.69 Å². The third-order valence-electron chi connectivity index (χ3n) is 5.18. The largest absolute Gasteiger partial charge is 0.379 e. The summed E-state index contributed by atoms with van der Waals surface area (Å²) in [6.07, 6.45) is 2.71. The molecular formula is C21H27N5O3. The van der Waals surface area contributed by atoms with E-state index in [0.717, 1.165) is 57.8 Å². The Kier molecular flexibility index (Phi) is 6.21. The number of hydrogen-bond donors (Lipinski definition) is 2. The van der Waals surface area contributed by atoms with Crippen LogP contribution in [-0.4, -0.2) is 65.9 Å². The van der Waals surface area contributed by atoms with Crippen molar-refractivity contribution >= 4 is 17.6 Å². The molecule has 1 aromatic carbocycles. The van der Waals surface area contributed by atoms with Crippen molar-refractivity contribution in [2.24, 2.45) is 5.92 Å². The van der Waals surface area contributed by atoms with Gasteiger partial charge in [0.2, 0.25) is 5.91 Å². The smallest absolute Gasteiger partial charge is 0.271 e. The quantitative estimate of drug-likeness (QED) is 0.662. The van der Waals surface area contributed by atoms with Gasteiger partial charge in [-0.15, -0.1) is 0 Å². The predicted octanol–water partition coefficient (Wildman–Crippen LogP) is 1.67. The molecule has 1 aliphatic carbocycles. The summed E-state index contributed by atoms with van der Waals surface area (Å²) in [5, 5.41) is 10.3. The maximum absolute atomic E-state index is 12.6. The highest BCUT2D eigenvalue weighted by Gasteiger charge is 2.30. The lowest BCUT2D eigenvalue weighted by molar-refractivity contribution is -0.117. The van der Waals surface area contributed by atoms with E-state index in [1.54, 1.807) is 10.7 Å². The van der Waals surface area contributed by atoms with Crippen LogP contribution in [0.3, 0.4) is 0 Å². The summed E-state index contributed by atoms with van der Waals surface area (Å²) in [5.74, 6) is 0.348. The molecular weight excluding hydrogens is 370 g/mol. The van der Waals surface area contributed by atoms with Gasteiger partial charge in [-0.2, -0.15) is 5.10 Å². The minimum atomic E-state index is -0.233. The monoisotopic (exact) mass is 397 g/mol. The van der Waals surface area contributed by atoms with Gasteiger partial charge in [-0.05, 0) is 37.9 Å². The third-order valence-corrected chi connectivity index (χ3v) is 5.18. The summed E-state index contributed by atoms with van der Waals surface area (Å²) in [7, 11) is 0. The van der Waals surface area contributed by atoms with E-state index in [2.05, 4.69) is 20.6 Å². The first-order valence-corrected chi connectivity index (χ1v) is 10.3. The molecule has 2 amide bonds. The van der Waals surface area contributed by atoms with Crippen LogP contribution in [0.1, 0.15) is 29.8 Å². The molecule has 2 aliphatic rings. The van der Waals surface area contributed by atoms with Crippen LogP contribution in [-0.2, 0) is 9.53 Å². The van der Waals surface area contributed by atoms with Gasteiger partial charge in [-0.25, -0.2) is 4.68 Å². The van der Waals surface area contributed by atoms with Crippen molar-refractivity contribution in [2.45, 2.75) is 19.3 Å². The van der Waals surface area contributed by atoms with Gasteiger partial charge >= 0.3 is 0 Å². The molecule has 0 bridgehead atoms. The van der Waals surface area contributed by atoms with E-state index < -0.39 is 0 Å². The fourth-order valence-corrected chi connectivity index (χ4v) is 3.34. The number of hydrogen-bond acceptors (Lipinski definition) is 5. The fourth-order valence-electron chi connectivity index (χ4n) is 3.34. The summed E-state index contributed by atoms with van der Waals surface area (Å²) in [5.41, 5.74) is 1.09. The SMILES string of the molecule is O=C(NCCCN1CCOCC1)c1cc(NC(=O)C2CC2)n(-c2ccccc2)n1. The van der Waals surface area contributed by atoms with Gasteiger partial charge in [-0.1, -0.05) is 18.2 Å². The Hall–Kier alpha value is -2.71. The van der Waals surface area contributed by atoms with Crippen molar-refractivity contribution in [3.63, 3.8) is 0 Å². The predicted molar refractivity (Wildman–Crippen MR) is 109 cm³/mol. The van der Waals surface area contributed by atoms with Gasteiger partial charge in [0.15, 0.2) is 5.69 Å². The van der Waals surface area contributed by atoms with Gasteiger partial charge in [-0.3, -0.25) is 14.5 Å². The minimum absolute atomic E-state index is 0.0143. The van der Waals surface area contributed by atoms with Crippen molar-refractivity contribution in [1.29, 1.82) is 0 Å². The summed E-state index contributed by atoms with van der Waals surface area (Å²) < 4.78 is 6.96. The van der Waals surface area contributed by atoms with Crippen LogP contribution in [0.2, 0.25) is 0 Å². The van der Waals surface area contributed by atoms with E-state index >= 15 is 0 Å². The Morgan fingerprint density at radius 1 is 1.14 bits per heavy atom. The number of amides is 2. The van der Waals surface area contributed by atoms with E-state index in [1.165, 1.54) is 0 Å². The van der Waals surface area contributed by atoms with E-state index in [-0.39, 0.29) is 17.7 Å². The molecule has 8 nitrogen and oxygen atoms in total. The lowest BCUT2D eigenvalue weighted by Crippen LogP contribution is -2.38. The first-order chi connectivity index (χ1) is 14.2. The lowest BCUT2D eigenvalue weighted by atomic mass is 10.3. The molecule has 0 radical (unpaired) electrons. The number of morpholine rings is 1. The van der Waals surface area contributed by atoms with Crippen molar-refractivity contribution in [2.75, 3.05) is 44.7 Å². The molecule has 4 rings (SSSR count). The number of ether oxygens (including phenoxy) is 1. The van der Waals surface area contributed by atoms with Crippen LogP contribution in [0, 0.1) is 5.92 Å². The highest BCUT2D eigenvalue weighted by Crippen LogP contribution is 2.30. The molecule has 1 saturated carbocycles. The number of nitrogens with one attached hydrogen (secondary N) is 2. The standard InChI is InChI=1S/C21H27N5O3/c27-20(16-7-8-16)23-19-15-18(24-26(19)17-5-2-1-3-6-17)21(28)22-9-4-10-25-11-13-29-14-12-25/h1-3,5-6,15-16H,4,7-14H2,(H,22,28)(H,23,27).